The van der Waals surface area contributed by atoms with Crippen molar-refractivity contribution in [3.63, 3.8) is 0 Å². The molecule has 0 aliphatic rings. The van der Waals surface area contributed by atoms with Gasteiger partial charge in [-0.15, -0.1) is 0 Å². The molecule has 6 heteroatoms. The van der Waals surface area contributed by atoms with E-state index < -0.39 is 0 Å². The first kappa shape index (κ1) is 18.6. The minimum atomic E-state index is 0.186. The largest absolute Gasteiger partial charge is 0.396 e. The van der Waals surface area contributed by atoms with Gasteiger partial charge in [0.1, 0.15) is 6.33 Å². The SMILES string of the molecule is CCCCCCCCC(CCO)n1cnc2c(N(C)C)ncnc21. The summed E-state index contributed by atoms with van der Waals surface area (Å²) in [5, 5.41) is 9.45. The van der Waals surface area contributed by atoms with Crippen LogP contribution in [0.5, 0.6) is 0 Å². The molecule has 0 amide bonds. The minimum absolute atomic E-state index is 0.186. The van der Waals surface area contributed by atoms with Gasteiger partial charge in [0, 0.05) is 26.7 Å². The lowest BCUT2D eigenvalue weighted by Crippen LogP contribution is -2.13. The predicted molar refractivity (Wildman–Crippen MR) is 98.4 cm³/mol. The zero-order chi connectivity index (χ0) is 17.4. The summed E-state index contributed by atoms with van der Waals surface area (Å²) in [4.78, 5) is 15.2. The van der Waals surface area contributed by atoms with E-state index in [1.165, 1.54) is 38.5 Å². The maximum absolute atomic E-state index is 9.45. The molecule has 24 heavy (non-hydrogen) atoms. The Morgan fingerprint density at radius 2 is 1.79 bits per heavy atom. The molecule has 1 atom stereocenters. The molecule has 1 N–H and O–H groups in total. The molecule has 0 saturated carbocycles. The molecule has 6 nitrogen and oxygen atoms in total. The zero-order valence-corrected chi connectivity index (χ0v) is 15.3. The molecule has 2 rings (SSSR count). The average molecular weight is 333 g/mol. The highest BCUT2D eigenvalue weighted by atomic mass is 16.3. The summed E-state index contributed by atoms with van der Waals surface area (Å²) in [7, 11) is 3.92. The number of fused-ring (bicyclic) bond motifs is 1. The zero-order valence-electron chi connectivity index (χ0n) is 15.3. The van der Waals surface area contributed by atoms with E-state index in [0.717, 1.165) is 29.8 Å². The molecule has 2 heterocycles. The first-order chi connectivity index (χ1) is 11.7. The predicted octanol–water partition coefficient (Wildman–Crippen LogP) is 3.57. The molecular formula is C18H31N5O. The van der Waals surface area contributed by atoms with Crippen LogP contribution in [-0.2, 0) is 0 Å². The summed E-state index contributed by atoms with van der Waals surface area (Å²) < 4.78 is 2.12. The third kappa shape index (κ3) is 4.66. The number of rotatable bonds is 11. The Bertz CT molecular complexity index is 610. The van der Waals surface area contributed by atoms with Gasteiger partial charge in [-0.05, 0) is 12.8 Å². The highest BCUT2D eigenvalue weighted by Gasteiger charge is 2.17. The Hall–Kier alpha value is -1.69. The summed E-state index contributed by atoms with van der Waals surface area (Å²) in [5.74, 6) is 0.834. The van der Waals surface area contributed by atoms with Gasteiger partial charge in [-0.25, -0.2) is 15.0 Å². The van der Waals surface area contributed by atoms with Crippen molar-refractivity contribution in [1.29, 1.82) is 0 Å². The number of unbranched alkanes of at least 4 members (excludes halogenated alkanes) is 5. The van der Waals surface area contributed by atoms with Crippen molar-refractivity contribution in [1.82, 2.24) is 19.5 Å². The van der Waals surface area contributed by atoms with Gasteiger partial charge >= 0.3 is 0 Å². The fourth-order valence-electron chi connectivity index (χ4n) is 3.17. The lowest BCUT2D eigenvalue weighted by molar-refractivity contribution is 0.251. The topological polar surface area (TPSA) is 67.1 Å². The van der Waals surface area contributed by atoms with Crippen LogP contribution in [0.2, 0.25) is 0 Å². The van der Waals surface area contributed by atoms with Crippen molar-refractivity contribution >= 4 is 17.0 Å². The summed E-state index contributed by atoms with van der Waals surface area (Å²) in [6, 6.07) is 0.246. The maximum Gasteiger partial charge on any atom is 0.165 e. The van der Waals surface area contributed by atoms with Gasteiger partial charge < -0.3 is 14.6 Å². The molecule has 0 aliphatic heterocycles. The molecule has 0 aromatic carbocycles. The third-order valence-corrected chi connectivity index (χ3v) is 4.51. The molecular weight excluding hydrogens is 302 g/mol. The number of anilines is 1. The summed E-state index contributed by atoms with van der Waals surface area (Å²) in [6.07, 6.45) is 12.9. The van der Waals surface area contributed by atoms with Crippen molar-refractivity contribution < 1.29 is 5.11 Å². The van der Waals surface area contributed by atoms with Crippen molar-refractivity contribution in [3.8, 4) is 0 Å². The molecule has 0 bridgehead atoms. The molecule has 2 aromatic heterocycles. The second kappa shape index (κ2) is 9.57. The average Bonchev–Trinajstić information content (AvgIpc) is 3.00. The molecule has 1 unspecified atom stereocenters. The van der Waals surface area contributed by atoms with E-state index >= 15 is 0 Å². The summed E-state index contributed by atoms with van der Waals surface area (Å²) in [6.45, 7) is 2.43. The minimum Gasteiger partial charge on any atom is -0.396 e. The van der Waals surface area contributed by atoms with E-state index in [-0.39, 0.29) is 12.6 Å². The number of aliphatic hydroxyl groups excluding tert-OH is 1. The van der Waals surface area contributed by atoms with Crippen LogP contribution < -0.4 is 4.90 Å². The van der Waals surface area contributed by atoms with Crippen LogP contribution in [0.3, 0.4) is 0 Å². The van der Waals surface area contributed by atoms with Gasteiger partial charge in [-0.1, -0.05) is 45.4 Å². The fourth-order valence-corrected chi connectivity index (χ4v) is 3.17. The summed E-state index contributed by atoms with van der Waals surface area (Å²) >= 11 is 0. The number of aliphatic hydroxyl groups is 1. The quantitative estimate of drug-likeness (QED) is 0.637. The molecule has 0 aliphatic carbocycles. The van der Waals surface area contributed by atoms with Crippen LogP contribution in [0.1, 0.15) is 64.3 Å². The van der Waals surface area contributed by atoms with Crippen LogP contribution in [-0.4, -0.2) is 45.3 Å². The Labute approximate surface area is 144 Å². The van der Waals surface area contributed by atoms with E-state index in [9.17, 15) is 5.11 Å². The molecule has 0 radical (unpaired) electrons. The van der Waals surface area contributed by atoms with E-state index in [1.54, 1.807) is 6.33 Å². The lowest BCUT2D eigenvalue weighted by atomic mass is 10.0. The van der Waals surface area contributed by atoms with Gasteiger partial charge in [-0.3, -0.25) is 0 Å². The van der Waals surface area contributed by atoms with Gasteiger partial charge in [0.05, 0.1) is 6.33 Å². The molecule has 0 fully saturated rings. The van der Waals surface area contributed by atoms with E-state index in [0.29, 0.717) is 0 Å². The van der Waals surface area contributed by atoms with Crippen molar-refractivity contribution in [2.45, 2.75) is 64.3 Å². The Morgan fingerprint density at radius 1 is 1.04 bits per heavy atom. The van der Waals surface area contributed by atoms with Crippen molar-refractivity contribution in [3.05, 3.63) is 12.7 Å². The monoisotopic (exact) mass is 333 g/mol. The van der Waals surface area contributed by atoms with E-state index in [1.807, 2.05) is 25.3 Å². The van der Waals surface area contributed by atoms with Crippen LogP contribution in [0.4, 0.5) is 5.82 Å². The van der Waals surface area contributed by atoms with Gasteiger partial charge in [-0.2, -0.15) is 0 Å². The molecule has 0 spiro atoms. The number of hydrogen-bond acceptors (Lipinski definition) is 5. The van der Waals surface area contributed by atoms with Crippen LogP contribution in [0.25, 0.3) is 11.2 Å². The standard InChI is InChI=1S/C18H31N5O/c1-4-5-6-7-8-9-10-15(11-12-24)23-14-21-16-17(22(2)3)19-13-20-18(16)23/h13-15,24H,4-12H2,1-3H3. The highest BCUT2D eigenvalue weighted by molar-refractivity contribution is 5.83. The van der Waals surface area contributed by atoms with Gasteiger partial charge in [0.15, 0.2) is 17.0 Å². The Balaban J connectivity index is 2.07. The van der Waals surface area contributed by atoms with Crippen LogP contribution in [0, 0.1) is 0 Å². The maximum atomic E-state index is 9.45. The second-order valence-electron chi connectivity index (χ2n) is 6.64. The fraction of sp³-hybridized carbons (Fsp3) is 0.722. The second-order valence-corrected chi connectivity index (χ2v) is 6.64. The van der Waals surface area contributed by atoms with Gasteiger partial charge in [0.2, 0.25) is 0 Å². The third-order valence-electron chi connectivity index (χ3n) is 4.51. The Morgan fingerprint density at radius 3 is 2.50 bits per heavy atom. The van der Waals surface area contributed by atoms with Crippen molar-refractivity contribution in [2.75, 3.05) is 25.6 Å². The lowest BCUT2D eigenvalue weighted by Gasteiger charge is -2.18. The smallest absolute Gasteiger partial charge is 0.165 e. The Kier molecular flexibility index (Phi) is 7.43. The van der Waals surface area contributed by atoms with E-state index in [2.05, 4.69) is 26.4 Å². The number of imidazole rings is 1. The van der Waals surface area contributed by atoms with Crippen LogP contribution >= 0.6 is 0 Å². The summed E-state index contributed by atoms with van der Waals surface area (Å²) in [5.41, 5.74) is 1.69. The first-order valence-corrected chi connectivity index (χ1v) is 9.14. The van der Waals surface area contributed by atoms with Crippen molar-refractivity contribution in [2.24, 2.45) is 0 Å². The van der Waals surface area contributed by atoms with E-state index in [4.69, 9.17) is 0 Å². The highest BCUT2D eigenvalue weighted by Crippen LogP contribution is 2.26. The number of nitrogens with zero attached hydrogens (tertiary/aromatic N) is 5. The van der Waals surface area contributed by atoms with Crippen LogP contribution in [0.15, 0.2) is 12.7 Å². The first-order valence-electron chi connectivity index (χ1n) is 9.14. The normalized spacial score (nSPS) is 12.7. The number of hydrogen-bond donors (Lipinski definition) is 1. The van der Waals surface area contributed by atoms with Gasteiger partial charge in [0.25, 0.3) is 0 Å². The number of aromatic nitrogens is 4. The molecule has 134 valence electrons. The molecule has 2 aromatic rings. The molecule has 0 saturated heterocycles.